The number of nitrogens with one attached hydrogen (secondary N) is 1. The molecule has 0 aromatic heterocycles. The second-order valence-corrected chi connectivity index (χ2v) is 6.31. The zero-order valence-electron chi connectivity index (χ0n) is 12.2. The fourth-order valence-electron chi connectivity index (χ4n) is 2.19. The number of benzene rings is 2. The maximum atomic E-state index is 12.3. The Balaban J connectivity index is 2.60. The summed E-state index contributed by atoms with van der Waals surface area (Å²) in [6.45, 7) is 5.18. The predicted molar refractivity (Wildman–Crippen MR) is 84.8 cm³/mol. The Morgan fingerprint density at radius 1 is 1.27 bits per heavy atom. The quantitative estimate of drug-likeness (QED) is 0.655. The van der Waals surface area contributed by atoms with Gasteiger partial charge in [-0.2, -0.15) is 0 Å². The van der Waals surface area contributed by atoms with Crippen molar-refractivity contribution in [1.29, 1.82) is 0 Å². The van der Waals surface area contributed by atoms with Crippen LogP contribution >= 0.6 is 0 Å². The molecule has 0 saturated heterocycles. The van der Waals surface area contributed by atoms with E-state index in [4.69, 9.17) is 4.74 Å². The lowest BCUT2D eigenvalue weighted by Gasteiger charge is -2.13. The first-order chi connectivity index (χ1) is 10.5. The Kier molecular flexibility index (Phi) is 4.95. The summed E-state index contributed by atoms with van der Waals surface area (Å²) >= 11 is 0. The van der Waals surface area contributed by atoms with Crippen LogP contribution < -0.4 is 4.72 Å². The minimum absolute atomic E-state index is 0.116. The number of hydrogen-bond donors (Lipinski definition) is 1. The fourth-order valence-corrected chi connectivity index (χ4v) is 3.46. The Morgan fingerprint density at radius 2 is 2.00 bits per heavy atom. The third-order valence-electron chi connectivity index (χ3n) is 3.15. The van der Waals surface area contributed by atoms with Crippen molar-refractivity contribution < 1.29 is 17.9 Å². The number of rotatable bonds is 6. The molecule has 22 heavy (non-hydrogen) atoms. The molecule has 0 fully saturated rings. The summed E-state index contributed by atoms with van der Waals surface area (Å²) in [5.41, 5.74) is 0.453. The van der Waals surface area contributed by atoms with Crippen LogP contribution in [0.1, 0.15) is 12.5 Å². The average Bonchev–Trinajstić information content (AvgIpc) is 2.51. The molecule has 2 rings (SSSR count). The van der Waals surface area contributed by atoms with Gasteiger partial charge < -0.3 is 4.74 Å². The standard InChI is InChI=1S/C16H17NO4S/c1-3-16(18)21-11-14-13-8-6-5-7-12(13)9-10-15(14)22(19,20)17-4-2/h3,5-10,17H,1,4,11H2,2H3. The second-order valence-electron chi connectivity index (χ2n) is 4.58. The van der Waals surface area contributed by atoms with E-state index in [1.807, 2.05) is 18.2 Å². The van der Waals surface area contributed by atoms with Gasteiger partial charge in [0.25, 0.3) is 0 Å². The summed E-state index contributed by atoms with van der Waals surface area (Å²) < 4.78 is 32.2. The Hall–Kier alpha value is -2.18. The van der Waals surface area contributed by atoms with Crippen LogP contribution in [0.4, 0.5) is 0 Å². The largest absolute Gasteiger partial charge is 0.458 e. The Morgan fingerprint density at radius 3 is 2.68 bits per heavy atom. The van der Waals surface area contributed by atoms with E-state index in [1.165, 1.54) is 6.07 Å². The zero-order chi connectivity index (χ0) is 16.2. The van der Waals surface area contributed by atoms with Crippen LogP contribution in [-0.2, 0) is 26.2 Å². The summed E-state index contributed by atoms with van der Waals surface area (Å²) in [6.07, 6.45) is 1.05. The van der Waals surface area contributed by atoms with E-state index in [0.29, 0.717) is 5.56 Å². The summed E-state index contributed by atoms with van der Waals surface area (Å²) in [5.74, 6) is -0.597. The molecule has 0 amide bonds. The number of carbonyl (C=O) groups excluding carboxylic acids is 1. The van der Waals surface area contributed by atoms with Crippen molar-refractivity contribution in [2.24, 2.45) is 0 Å². The SMILES string of the molecule is C=CC(=O)OCc1c(S(=O)(=O)NCC)ccc2ccccc12. The van der Waals surface area contributed by atoms with Crippen molar-refractivity contribution in [3.8, 4) is 0 Å². The van der Waals surface area contributed by atoms with Gasteiger partial charge in [-0.25, -0.2) is 17.9 Å². The fraction of sp³-hybridized carbons (Fsp3) is 0.188. The maximum Gasteiger partial charge on any atom is 0.330 e. The molecule has 0 bridgehead atoms. The lowest BCUT2D eigenvalue weighted by molar-refractivity contribution is -0.139. The van der Waals surface area contributed by atoms with Crippen molar-refractivity contribution in [2.75, 3.05) is 6.54 Å². The highest BCUT2D eigenvalue weighted by Gasteiger charge is 2.20. The van der Waals surface area contributed by atoms with Gasteiger partial charge in [-0.15, -0.1) is 0 Å². The number of esters is 1. The highest BCUT2D eigenvalue weighted by Crippen LogP contribution is 2.26. The molecule has 0 radical (unpaired) electrons. The third kappa shape index (κ3) is 3.35. The normalized spacial score (nSPS) is 11.3. The molecular weight excluding hydrogens is 302 g/mol. The first-order valence-corrected chi connectivity index (χ1v) is 8.27. The van der Waals surface area contributed by atoms with Gasteiger partial charge in [0, 0.05) is 18.2 Å². The molecule has 5 nitrogen and oxygen atoms in total. The van der Waals surface area contributed by atoms with Crippen LogP contribution in [0.15, 0.2) is 53.9 Å². The molecule has 0 aliphatic carbocycles. The highest BCUT2D eigenvalue weighted by atomic mass is 32.2. The van der Waals surface area contributed by atoms with E-state index in [1.54, 1.807) is 19.1 Å². The van der Waals surface area contributed by atoms with Gasteiger partial charge in [0.2, 0.25) is 10.0 Å². The molecule has 2 aromatic rings. The molecule has 0 atom stereocenters. The van der Waals surface area contributed by atoms with Crippen LogP contribution in [-0.4, -0.2) is 20.9 Å². The number of fused-ring (bicyclic) bond motifs is 1. The third-order valence-corrected chi connectivity index (χ3v) is 4.78. The lowest BCUT2D eigenvalue weighted by Crippen LogP contribution is -2.24. The van der Waals surface area contributed by atoms with Crippen molar-refractivity contribution in [1.82, 2.24) is 4.72 Å². The Labute approximate surface area is 129 Å². The summed E-state index contributed by atoms with van der Waals surface area (Å²) in [4.78, 5) is 11.4. The number of hydrogen-bond acceptors (Lipinski definition) is 4. The van der Waals surface area contributed by atoms with Crippen LogP contribution in [0.3, 0.4) is 0 Å². The molecule has 0 saturated carbocycles. The van der Waals surface area contributed by atoms with E-state index >= 15 is 0 Å². The summed E-state index contributed by atoms with van der Waals surface area (Å²) in [5, 5.41) is 1.61. The van der Waals surface area contributed by atoms with E-state index < -0.39 is 16.0 Å². The first-order valence-electron chi connectivity index (χ1n) is 6.79. The topological polar surface area (TPSA) is 72.5 Å². The molecule has 2 aromatic carbocycles. The van der Waals surface area contributed by atoms with E-state index in [9.17, 15) is 13.2 Å². The first kappa shape index (κ1) is 16.2. The predicted octanol–water partition coefficient (Wildman–Crippen LogP) is 2.37. The molecule has 6 heteroatoms. The minimum atomic E-state index is -3.65. The molecule has 1 N–H and O–H groups in total. The van der Waals surface area contributed by atoms with Gasteiger partial charge in [-0.3, -0.25) is 0 Å². The van der Waals surface area contributed by atoms with E-state index in [2.05, 4.69) is 11.3 Å². The lowest BCUT2D eigenvalue weighted by atomic mass is 10.1. The molecule has 0 spiro atoms. The van der Waals surface area contributed by atoms with Crippen molar-refractivity contribution >= 4 is 26.8 Å². The Bertz CT molecular complexity index is 812. The maximum absolute atomic E-state index is 12.3. The monoisotopic (exact) mass is 319 g/mol. The van der Waals surface area contributed by atoms with Crippen molar-refractivity contribution in [2.45, 2.75) is 18.4 Å². The van der Waals surface area contributed by atoms with Gasteiger partial charge in [0.15, 0.2) is 0 Å². The minimum Gasteiger partial charge on any atom is -0.458 e. The van der Waals surface area contributed by atoms with Crippen LogP contribution in [0, 0.1) is 0 Å². The van der Waals surface area contributed by atoms with E-state index in [-0.39, 0.29) is 18.0 Å². The van der Waals surface area contributed by atoms with E-state index in [0.717, 1.165) is 16.8 Å². The van der Waals surface area contributed by atoms with Gasteiger partial charge in [0.05, 0.1) is 4.90 Å². The number of sulfonamides is 1. The van der Waals surface area contributed by atoms with Crippen molar-refractivity contribution in [3.05, 3.63) is 54.6 Å². The molecule has 0 heterocycles. The molecule has 116 valence electrons. The van der Waals surface area contributed by atoms with Crippen molar-refractivity contribution in [3.63, 3.8) is 0 Å². The van der Waals surface area contributed by atoms with Gasteiger partial charge in [-0.1, -0.05) is 43.8 Å². The molecule has 0 aliphatic heterocycles. The van der Waals surface area contributed by atoms with Crippen LogP contribution in [0.5, 0.6) is 0 Å². The number of carbonyl (C=O) groups is 1. The average molecular weight is 319 g/mol. The van der Waals surface area contributed by atoms with Gasteiger partial charge in [-0.05, 0) is 16.8 Å². The molecular formula is C16H17NO4S. The smallest absolute Gasteiger partial charge is 0.330 e. The second kappa shape index (κ2) is 6.72. The molecule has 0 unspecified atom stereocenters. The summed E-state index contributed by atoms with van der Waals surface area (Å²) in [6, 6.07) is 10.6. The van der Waals surface area contributed by atoms with Gasteiger partial charge >= 0.3 is 5.97 Å². The highest BCUT2D eigenvalue weighted by molar-refractivity contribution is 7.89. The van der Waals surface area contributed by atoms with Gasteiger partial charge in [0.1, 0.15) is 6.61 Å². The van der Waals surface area contributed by atoms with Crippen LogP contribution in [0.2, 0.25) is 0 Å². The zero-order valence-corrected chi connectivity index (χ0v) is 13.0. The summed E-state index contributed by atoms with van der Waals surface area (Å²) in [7, 11) is -3.65. The molecule has 0 aliphatic rings. The van der Waals surface area contributed by atoms with Crippen LogP contribution in [0.25, 0.3) is 10.8 Å². The number of ether oxygens (including phenoxy) is 1.